The number of halogens is 2. The topological polar surface area (TPSA) is 41.5 Å². The quantitative estimate of drug-likeness (QED) is 0.412. The lowest BCUT2D eigenvalue weighted by Gasteiger charge is -2.28. The second kappa shape index (κ2) is 10.1. The van der Waals surface area contributed by atoms with Crippen LogP contribution in [0.25, 0.3) is 10.8 Å². The predicted molar refractivity (Wildman–Crippen MR) is 127 cm³/mol. The van der Waals surface area contributed by atoms with Gasteiger partial charge in [-0.15, -0.1) is 0 Å². The number of aliphatic hydroxyl groups is 1. The van der Waals surface area contributed by atoms with Crippen LogP contribution in [-0.2, 0) is 11.2 Å². The molecule has 0 bridgehead atoms. The van der Waals surface area contributed by atoms with E-state index in [0.717, 1.165) is 12.0 Å². The Kier molecular flexibility index (Phi) is 7.78. The number of hydrogen-bond donors (Lipinski definition) is 2. The Morgan fingerprint density at radius 3 is 2.47 bits per heavy atom. The molecule has 2 N–H and O–H groups in total. The van der Waals surface area contributed by atoms with Gasteiger partial charge < -0.3 is 15.2 Å². The molecule has 2 unspecified atom stereocenters. The first-order valence-electron chi connectivity index (χ1n) is 10.2. The minimum absolute atomic E-state index is 0.158. The highest BCUT2D eigenvalue weighted by Crippen LogP contribution is 2.28. The summed E-state index contributed by atoms with van der Waals surface area (Å²) in [5.41, 5.74) is 1.97. The van der Waals surface area contributed by atoms with E-state index in [2.05, 4.69) is 61.6 Å². The second-order valence-corrected chi connectivity index (χ2v) is 9.26. The predicted octanol–water partition coefficient (Wildman–Crippen LogP) is 6.20. The molecule has 160 valence electrons. The number of benzene rings is 3. The van der Waals surface area contributed by atoms with Gasteiger partial charge in [0.15, 0.2) is 0 Å². The van der Waals surface area contributed by atoms with Crippen LogP contribution < -0.4 is 5.32 Å². The summed E-state index contributed by atoms with van der Waals surface area (Å²) in [4.78, 5) is 0. The monoisotopic (exact) mass is 445 g/mol. The Balaban J connectivity index is 1.49. The highest BCUT2D eigenvalue weighted by Gasteiger charge is 2.20. The molecule has 0 spiro atoms. The van der Waals surface area contributed by atoms with Crippen LogP contribution in [0.5, 0.6) is 0 Å². The van der Waals surface area contributed by atoms with Crippen molar-refractivity contribution in [3.63, 3.8) is 0 Å². The molecule has 3 nitrogen and oxygen atoms in total. The van der Waals surface area contributed by atoms with Gasteiger partial charge in [-0.25, -0.2) is 0 Å². The molecule has 2 atom stereocenters. The van der Waals surface area contributed by atoms with Crippen LogP contribution in [0.3, 0.4) is 0 Å². The molecule has 0 amide bonds. The van der Waals surface area contributed by atoms with Crippen LogP contribution in [-0.4, -0.2) is 29.9 Å². The van der Waals surface area contributed by atoms with E-state index in [9.17, 15) is 5.11 Å². The molecule has 0 fully saturated rings. The number of β-amino-alcohol motifs (C(OH)–C–C–N with tert-alkyl or cyclic N) is 1. The summed E-state index contributed by atoms with van der Waals surface area (Å²) >= 11 is 12.2. The fourth-order valence-corrected chi connectivity index (χ4v) is 4.11. The lowest BCUT2D eigenvalue weighted by atomic mass is 9.93. The van der Waals surface area contributed by atoms with Crippen molar-refractivity contribution < 1.29 is 9.84 Å². The summed E-state index contributed by atoms with van der Waals surface area (Å²) in [7, 11) is 0. The summed E-state index contributed by atoms with van der Waals surface area (Å²) in [5, 5.41) is 17.5. The standard InChI is InChI=1S/C25H29Cl2NO2/c1-17(23-11-10-21(26)13-24(23)27)30-16-22(29)15-28-25(2,3)14-18-8-9-19-6-4-5-7-20(19)12-18/h4-13,17,22,28-29H,14-16H2,1-3H3. The fourth-order valence-electron chi connectivity index (χ4n) is 3.55. The van der Waals surface area contributed by atoms with Crippen molar-refractivity contribution in [2.24, 2.45) is 0 Å². The van der Waals surface area contributed by atoms with E-state index in [1.54, 1.807) is 12.1 Å². The number of nitrogens with one attached hydrogen (secondary N) is 1. The number of rotatable bonds is 9. The van der Waals surface area contributed by atoms with Gasteiger partial charge in [0.25, 0.3) is 0 Å². The molecule has 5 heteroatoms. The summed E-state index contributed by atoms with van der Waals surface area (Å²) in [6.45, 7) is 6.87. The van der Waals surface area contributed by atoms with Gasteiger partial charge in [0.2, 0.25) is 0 Å². The van der Waals surface area contributed by atoms with Crippen LogP contribution in [0, 0.1) is 0 Å². The molecule has 0 aliphatic heterocycles. The van der Waals surface area contributed by atoms with E-state index < -0.39 is 6.10 Å². The van der Waals surface area contributed by atoms with Crippen LogP contribution >= 0.6 is 23.2 Å². The fraction of sp³-hybridized carbons (Fsp3) is 0.360. The van der Waals surface area contributed by atoms with E-state index in [-0.39, 0.29) is 18.2 Å². The first-order valence-corrected chi connectivity index (χ1v) is 11.0. The molecule has 3 aromatic carbocycles. The van der Waals surface area contributed by atoms with Crippen LogP contribution in [0.4, 0.5) is 0 Å². The van der Waals surface area contributed by atoms with E-state index in [1.165, 1.54) is 16.3 Å². The van der Waals surface area contributed by atoms with Gasteiger partial charge in [0.1, 0.15) is 0 Å². The number of hydrogen-bond acceptors (Lipinski definition) is 3. The molecule has 0 saturated carbocycles. The minimum Gasteiger partial charge on any atom is -0.389 e. The molecule has 0 aromatic heterocycles. The largest absolute Gasteiger partial charge is 0.389 e. The Labute approximate surface area is 189 Å². The molecule has 0 aliphatic carbocycles. The smallest absolute Gasteiger partial charge is 0.0898 e. The average molecular weight is 446 g/mol. The highest BCUT2D eigenvalue weighted by molar-refractivity contribution is 6.35. The van der Waals surface area contributed by atoms with E-state index >= 15 is 0 Å². The van der Waals surface area contributed by atoms with Crippen molar-refractivity contribution in [2.75, 3.05) is 13.2 Å². The minimum atomic E-state index is -0.616. The lowest BCUT2D eigenvalue weighted by molar-refractivity contribution is -0.00413. The zero-order valence-electron chi connectivity index (χ0n) is 17.7. The molecule has 0 aliphatic rings. The van der Waals surface area contributed by atoms with Crippen molar-refractivity contribution in [1.29, 1.82) is 0 Å². The normalized spacial score (nSPS) is 14.1. The number of ether oxygens (including phenoxy) is 1. The zero-order valence-corrected chi connectivity index (χ0v) is 19.2. The first kappa shape index (κ1) is 23.1. The van der Waals surface area contributed by atoms with Crippen molar-refractivity contribution in [2.45, 2.75) is 44.9 Å². The SMILES string of the molecule is CC(OCC(O)CNC(C)(C)Cc1ccc2ccccc2c1)c1ccc(Cl)cc1Cl. The number of aliphatic hydroxyl groups excluding tert-OH is 1. The van der Waals surface area contributed by atoms with Crippen LogP contribution in [0.1, 0.15) is 38.0 Å². The van der Waals surface area contributed by atoms with E-state index in [1.807, 2.05) is 13.0 Å². The van der Waals surface area contributed by atoms with Crippen molar-refractivity contribution >= 4 is 34.0 Å². The average Bonchev–Trinajstić information content (AvgIpc) is 2.70. The Hall–Kier alpha value is -1.62. The van der Waals surface area contributed by atoms with Crippen molar-refractivity contribution in [1.82, 2.24) is 5.32 Å². The van der Waals surface area contributed by atoms with Crippen molar-refractivity contribution in [3.05, 3.63) is 81.8 Å². The maximum absolute atomic E-state index is 10.4. The van der Waals surface area contributed by atoms with Gasteiger partial charge in [-0.05, 0) is 61.2 Å². The van der Waals surface area contributed by atoms with Gasteiger partial charge in [-0.3, -0.25) is 0 Å². The van der Waals surface area contributed by atoms with E-state index in [0.29, 0.717) is 16.6 Å². The Morgan fingerprint density at radius 1 is 1.00 bits per heavy atom. The Bertz CT molecular complexity index is 990. The number of fused-ring (bicyclic) bond motifs is 1. The molecule has 30 heavy (non-hydrogen) atoms. The summed E-state index contributed by atoms with van der Waals surface area (Å²) in [5.74, 6) is 0. The van der Waals surface area contributed by atoms with Gasteiger partial charge in [0.05, 0.1) is 18.8 Å². The third-order valence-corrected chi connectivity index (χ3v) is 5.78. The maximum atomic E-state index is 10.4. The molecule has 0 heterocycles. The van der Waals surface area contributed by atoms with Gasteiger partial charge in [-0.1, -0.05) is 71.7 Å². The zero-order chi connectivity index (χ0) is 21.7. The second-order valence-electron chi connectivity index (χ2n) is 8.42. The molecular weight excluding hydrogens is 417 g/mol. The van der Waals surface area contributed by atoms with Gasteiger partial charge in [0, 0.05) is 22.1 Å². The molecule has 3 rings (SSSR count). The first-order chi connectivity index (χ1) is 14.2. The maximum Gasteiger partial charge on any atom is 0.0898 e. The van der Waals surface area contributed by atoms with Crippen molar-refractivity contribution in [3.8, 4) is 0 Å². The summed E-state index contributed by atoms with van der Waals surface area (Å²) in [6, 6.07) is 20.3. The van der Waals surface area contributed by atoms with E-state index in [4.69, 9.17) is 27.9 Å². The van der Waals surface area contributed by atoms with Crippen LogP contribution in [0.2, 0.25) is 10.0 Å². The third-order valence-electron chi connectivity index (χ3n) is 5.22. The van der Waals surface area contributed by atoms with Gasteiger partial charge in [-0.2, -0.15) is 0 Å². The summed E-state index contributed by atoms with van der Waals surface area (Å²) < 4.78 is 5.82. The molecule has 0 saturated heterocycles. The third kappa shape index (κ3) is 6.44. The van der Waals surface area contributed by atoms with Crippen LogP contribution in [0.15, 0.2) is 60.7 Å². The van der Waals surface area contributed by atoms with Gasteiger partial charge >= 0.3 is 0 Å². The highest BCUT2D eigenvalue weighted by atomic mass is 35.5. The molecule has 0 radical (unpaired) electrons. The molecular formula is C25H29Cl2NO2. The Morgan fingerprint density at radius 2 is 1.73 bits per heavy atom. The molecule has 3 aromatic rings. The lowest BCUT2D eigenvalue weighted by Crippen LogP contribution is -2.46. The summed E-state index contributed by atoms with van der Waals surface area (Å²) in [6.07, 6.45) is 0.0202.